The van der Waals surface area contributed by atoms with Crippen LogP contribution in [0.2, 0.25) is 0 Å². The van der Waals surface area contributed by atoms with E-state index in [0.717, 1.165) is 0 Å². The van der Waals surface area contributed by atoms with Gasteiger partial charge in [0.05, 0.1) is 5.97 Å². The van der Waals surface area contributed by atoms with Gasteiger partial charge in [-0.05, 0) is 36.4 Å². The molecule has 2 rings (SSSR count). The highest BCUT2D eigenvalue weighted by Crippen LogP contribution is 2.15. The molecular weight excluding hydrogens is 286 g/mol. The topological polar surface area (TPSA) is 87.7 Å². The highest BCUT2D eigenvalue weighted by atomic mass is 16.5. The Morgan fingerprint density at radius 3 is 2.09 bits per heavy atom. The van der Waals surface area contributed by atoms with Gasteiger partial charge in [0.25, 0.3) is 5.91 Å². The smallest absolute Gasteiger partial charge is 0.262 e. The average Bonchev–Trinajstić information content (AvgIpc) is 2.53. The van der Waals surface area contributed by atoms with Crippen LogP contribution in [0.5, 0.6) is 11.5 Å². The Morgan fingerprint density at radius 1 is 0.864 bits per heavy atom. The van der Waals surface area contributed by atoms with Crippen LogP contribution < -0.4 is 19.9 Å². The number of hydrogen-bond donors (Lipinski definition) is 1. The minimum Gasteiger partial charge on any atom is -0.546 e. The molecule has 0 fully saturated rings. The second-order valence-corrected chi connectivity index (χ2v) is 4.33. The first-order valence-electron chi connectivity index (χ1n) is 6.54. The summed E-state index contributed by atoms with van der Waals surface area (Å²) in [4.78, 5) is 22.0. The van der Waals surface area contributed by atoms with Crippen molar-refractivity contribution in [3.8, 4) is 11.5 Å². The van der Waals surface area contributed by atoms with Crippen LogP contribution in [-0.4, -0.2) is 25.1 Å². The second-order valence-electron chi connectivity index (χ2n) is 4.33. The lowest BCUT2D eigenvalue weighted by atomic mass is 10.3. The lowest BCUT2D eigenvalue weighted by molar-refractivity contribution is -0.307. The van der Waals surface area contributed by atoms with Crippen LogP contribution in [0.15, 0.2) is 54.6 Å². The van der Waals surface area contributed by atoms with Crippen molar-refractivity contribution in [1.82, 2.24) is 0 Å². The van der Waals surface area contributed by atoms with Gasteiger partial charge in [-0.2, -0.15) is 0 Å². The molecule has 1 N–H and O–H groups in total. The van der Waals surface area contributed by atoms with E-state index in [-0.39, 0.29) is 12.5 Å². The van der Waals surface area contributed by atoms with Crippen molar-refractivity contribution in [2.75, 3.05) is 18.5 Å². The van der Waals surface area contributed by atoms with Gasteiger partial charge in [0.2, 0.25) is 0 Å². The fraction of sp³-hybridized carbons (Fsp3) is 0.125. The Bertz CT molecular complexity index is 625. The molecule has 0 aromatic heterocycles. The molecule has 0 aliphatic heterocycles. The first-order valence-corrected chi connectivity index (χ1v) is 6.54. The second kappa shape index (κ2) is 7.68. The first kappa shape index (κ1) is 15.4. The number of anilines is 1. The third-order valence-corrected chi connectivity index (χ3v) is 2.61. The molecule has 0 spiro atoms. The van der Waals surface area contributed by atoms with Gasteiger partial charge in [0.15, 0.2) is 6.61 Å². The number of para-hydroxylation sites is 1. The van der Waals surface area contributed by atoms with E-state index in [1.165, 1.54) is 0 Å². The van der Waals surface area contributed by atoms with Gasteiger partial charge in [-0.1, -0.05) is 18.2 Å². The molecule has 0 saturated heterocycles. The predicted octanol–water partition coefficient (Wildman–Crippen LogP) is 0.833. The molecule has 0 unspecified atom stereocenters. The van der Waals surface area contributed by atoms with Crippen molar-refractivity contribution >= 4 is 17.6 Å². The summed E-state index contributed by atoms with van der Waals surface area (Å²) in [6.45, 7) is -0.621. The minimum atomic E-state index is -1.30. The molecule has 0 aliphatic rings. The lowest BCUT2D eigenvalue weighted by Crippen LogP contribution is -2.28. The molecule has 2 aromatic carbocycles. The van der Waals surface area contributed by atoms with Crippen molar-refractivity contribution in [3.63, 3.8) is 0 Å². The summed E-state index contributed by atoms with van der Waals surface area (Å²) in [7, 11) is 0. The van der Waals surface area contributed by atoms with Gasteiger partial charge < -0.3 is 24.7 Å². The summed E-state index contributed by atoms with van der Waals surface area (Å²) >= 11 is 0. The average molecular weight is 300 g/mol. The maximum absolute atomic E-state index is 11.7. The summed E-state index contributed by atoms with van der Waals surface area (Å²) in [6, 6.07) is 15.3. The molecule has 1 amide bonds. The van der Waals surface area contributed by atoms with Crippen LogP contribution in [0.1, 0.15) is 0 Å². The fourth-order valence-electron chi connectivity index (χ4n) is 1.64. The van der Waals surface area contributed by atoms with E-state index in [1.807, 2.05) is 18.2 Å². The number of nitrogens with one attached hydrogen (secondary N) is 1. The number of amides is 1. The van der Waals surface area contributed by atoms with Gasteiger partial charge >= 0.3 is 0 Å². The SMILES string of the molecule is O=C([O-])COc1ccc(NC(=O)COc2ccccc2)cc1. The van der Waals surface area contributed by atoms with E-state index in [0.29, 0.717) is 17.2 Å². The molecule has 2 aromatic rings. The number of ether oxygens (including phenoxy) is 2. The van der Waals surface area contributed by atoms with E-state index in [4.69, 9.17) is 9.47 Å². The summed E-state index contributed by atoms with van der Waals surface area (Å²) in [5.41, 5.74) is 0.558. The Hall–Kier alpha value is -3.02. The molecular formula is C16H14NO5-. The van der Waals surface area contributed by atoms with Gasteiger partial charge in [0.1, 0.15) is 18.1 Å². The lowest BCUT2D eigenvalue weighted by Gasteiger charge is -2.09. The summed E-state index contributed by atoms with van der Waals surface area (Å²) in [5, 5.41) is 12.9. The molecule has 0 radical (unpaired) electrons. The van der Waals surface area contributed by atoms with Gasteiger partial charge in [-0.25, -0.2) is 0 Å². The minimum absolute atomic E-state index is 0.104. The van der Waals surface area contributed by atoms with Crippen LogP contribution in [0, 0.1) is 0 Å². The number of carboxylic acid groups (broad SMARTS) is 1. The van der Waals surface area contributed by atoms with Gasteiger partial charge in [-0.15, -0.1) is 0 Å². The number of hydrogen-bond acceptors (Lipinski definition) is 5. The molecule has 6 heteroatoms. The normalized spacial score (nSPS) is 9.82. The highest BCUT2D eigenvalue weighted by molar-refractivity contribution is 5.91. The number of aliphatic carboxylic acids is 1. The number of rotatable bonds is 7. The molecule has 114 valence electrons. The van der Waals surface area contributed by atoms with Gasteiger partial charge in [-0.3, -0.25) is 4.79 Å². The third kappa shape index (κ3) is 5.16. The Morgan fingerprint density at radius 2 is 1.45 bits per heavy atom. The molecule has 0 atom stereocenters. The zero-order chi connectivity index (χ0) is 15.8. The zero-order valence-corrected chi connectivity index (χ0v) is 11.7. The van der Waals surface area contributed by atoms with Crippen LogP contribution in [0.25, 0.3) is 0 Å². The van der Waals surface area contributed by atoms with E-state index >= 15 is 0 Å². The Labute approximate surface area is 127 Å². The van der Waals surface area contributed by atoms with Crippen molar-refractivity contribution < 1.29 is 24.2 Å². The van der Waals surface area contributed by atoms with Crippen molar-refractivity contribution in [2.45, 2.75) is 0 Å². The van der Waals surface area contributed by atoms with Crippen LogP contribution >= 0.6 is 0 Å². The molecule has 0 heterocycles. The number of benzene rings is 2. The van der Waals surface area contributed by atoms with E-state index in [1.54, 1.807) is 36.4 Å². The molecule has 0 aliphatic carbocycles. The summed E-state index contributed by atoms with van der Waals surface area (Å²) < 4.78 is 10.3. The summed E-state index contributed by atoms with van der Waals surface area (Å²) in [5.74, 6) is -0.603. The van der Waals surface area contributed by atoms with E-state index in [9.17, 15) is 14.7 Å². The monoisotopic (exact) mass is 300 g/mol. The summed E-state index contributed by atoms with van der Waals surface area (Å²) in [6.07, 6.45) is 0. The number of carbonyl (C=O) groups excluding carboxylic acids is 2. The molecule has 6 nitrogen and oxygen atoms in total. The quantitative estimate of drug-likeness (QED) is 0.818. The predicted molar refractivity (Wildman–Crippen MR) is 77.5 cm³/mol. The first-order chi connectivity index (χ1) is 10.6. The Kier molecular flexibility index (Phi) is 5.37. The number of carboxylic acids is 1. The van der Waals surface area contributed by atoms with Crippen molar-refractivity contribution in [1.29, 1.82) is 0 Å². The maximum atomic E-state index is 11.7. The molecule has 0 bridgehead atoms. The van der Waals surface area contributed by atoms with E-state index < -0.39 is 12.6 Å². The largest absolute Gasteiger partial charge is 0.546 e. The van der Waals surface area contributed by atoms with Crippen molar-refractivity contribution in [2.24, 2.45) is 0 Å². The zero-order valence-electron chi connectivity index (χ0n) is 11.7. The Balaban J connectivity index is 1.80. The van der Waals surface area contributed by atoms with Crippen molar-refractivity contribution in [3.05, 3.63) is 54.6 Å². The van der Waals surface area contributed by atoms with Crippen LogP contribution in [-0.2, 0) is 9.59 Å². The number of carbonyl (C=O) groups is 2. The molecule has 0 saturated carbocycles. The van der Waals surface area contributed by atoms with Gasteiger partial charge in [0, 0.05) is 5.69 Å². The third-order valence-electron chi connectivity index (χ3n) is 2.61. The van der Waals surface area contributed by atoms with E-state index in [2.05, 4.69) is 5.32 Å². The van der Waals surface area contributed by atoms with Crippen LogP contribution in [0.4, 0.5) is 5.69 Å². The highest BCUT2D eigenvalue weighted by Gasteiger charge is 2.04. The molecule has 22 heavy (non-hydrogen) atoms. The standard InChI is InChI=1S/C16H15NO5/c18-15(10-21-13-4-2-1-3-5-13)17-12-6-8-14(9-7-12)22-11-16(19)20/h1-9H,10-11H2,(H,17,18)(H,19,20)/p-1. The fourth-order valence-corrected chi connectivity index (χ4v) is 1.64. The maximum Gasteiger partial charge on any atom is 0.262 e. The van der Waals surface area contributed by atoms with Crippen LogP contribution in [0.3, 0.4) is 0 Å².